The van der Waals surface area contributed by atoms with Gasteiger partial charge in [0.15, 0.2) is 23.2 Å². The van der Waals surface area contributed by atoms with E-state index in [1.807, 2.05) is 37.3 Å². The zero-order valence-electron chi connectivity index (χ0n) is 15.8. The van der Waals surface area contributed by atoms with E-state index in [-0.39, 0.29) is 6.01 Å². The van der Waals surface area contributed by atoms with Crippen LogP contribution in [0.5, 0.6) is 6.01 Å². The molecule has 1 saturated heterocycles. The van der Waals surface area contributed by atoms with E-state index >= 15 is 0 Å². The lowest BCUT2D eigenvalue weighted by atomic mass is 10.1. The third kappa shape index (κ3) is 3.75. The number of imidazole rings is 1. The van der Waals surface area contributed by atoms with Crippen LogP contribution in [0.15, 0.2) is 36.7 Å². The van der Waals surface area contributed by atoms with E-state index in [1.54, 1.807) is 0 Å². The molecule has 10 heteroatoms. The topological polar surface area (TPSA) is 135 Å². The first kappa shape index (κ1) is 19.5. The van der Waals surface area contributed by atoms with Crippen molar-refractivity contribution in [2.75, 3.05) is 18.5 Å². The lowest BCUT2D eigenvalue weighted by Gasteiger charge is -2.17. The molecule has 3 heterocycles. The summed E-state index contributed by atoms with van der Waals surface area (Å²) in [7, 11) is 0. The van der Waals surface area contributed by atoms with Gasteiger partial charge in [-0.05, 0) is 12.5 Å². The lowest BCUT2D eigenvalue weighted by Crippen LogP contribution is -2.33. The number of fused-ring (bicyclic) bond motifs is 1. The molecule has 0 bridgehead atoms. The third-order valence-electron chi connectivity index (χ3n) is 4.75. The van der Waals surface area contributed by atoms with Crippen molar-refractivity contribution in [3.63, 3.8) is 0 Å². The highest BCUT2D eigenvalue weighted by Gasteiger charge is 2.44. The minimum atomic E-state index is -1.24. The Morgan fingerprint density at radius 2 is 1.97 bits per heavy atom. The van der Waals surface area contributed by atoms with Crippen LogP contribution in [0.4, 0.5) is 5.82 Å². The molecule has 1 fully saturated rings. The van der Waals surface area contributed by atoms with Crippen LogP contribution in [0.2, 0.25) is 0 Å². The molecular formula is C19H23N5O5. The predicted octanol–water partition coefficient (Wildman–Crippen LogP) is 0.449. The van der Waals surface area contributed by atoms with Gasteiger partial charge in [-0.2, -0.15) is 9.97 Å². The van der Waals surface area contributed by atoms with Gasteiger partial charge >= 0.3 is 6.01 Å². The number of hydrogen-bond acceptors (Lipinski definition) is 9. The molecule has 0 unspecified atom stereocenters. The van der Waals surface area contributed by atoms with Crippen LogP contribution in [0.25, 0.3) is 11.2 Å². The molecule has 0 amide bonds. The van der Waals surface area contributed by atoms with Crippen molar-refractivity contribution in [2.45, 2.75) is 38.1 Å². The second-order valence-electron chi connectivity index (χ2n) is 6.71. The smallest absolute Gasteiger partial charge is 0.320 e. The van der Waals surface area contributed by atoms with Gasteiger partial charge in [0.05, 0.1) is 12.9 Å². The number of ether oxygens (including phenoxy) is 2. The highest BCUT2D eigenvalue weighted by molar-refractivity contribution is 5.83. The fourth-order valence-electron chi connectivity index (χ4n) is 3.27. The zero-order chi connectivity index (χ0) is 20.4. The average Bonchev–Trinajstić information content (AvgIpc) is 3.29. The highest BCUT2D eigenvalue weighted by atomic mass is 16.6. The van der Waals surface area contributed by atoms with Crippen LogP contribution in [-0.4, -0.2) is 66.3 Å². The monoisotopic (exact) mass is 401 g/mol. The first-order valence-electron chi connectivity index (χ1n) is 9.40. The van der Waals surface area contributed by atoms with Gasteiger partial charge in [0, 0.05) is 6.54 Å². The third-order valence-corrected chi connectivity index (χ3v) is 4.75. The lowest BCUT2D eigenvalue weighted by molar-refractivity contribution is -0.0511. The standard InChI is InChI=1S/C19H23N5O5/c1-2-20-16-13-17(23-19(22-16)28-9-11-6-4-3-5-7-11)24(10-21-13)18-15(27)14(26)12(8-25)29-18/h3-7,10,12,14-15,18,25-27H,2,8-9H2,1H3,(H,20,22,23)/t12-,14-,15-,18-/m1/s1. The van der Waals surface area contributed by atoms with E-state index in [1.165, 1.54) is 10.9 Å². The second-order valence-corrected chi connectivity index (χ2v) is 6.71. The van der Waals surface area contributed by atoms with E-state index in [2.05, 4.69) is 20.3 Å². The molecule has 2 aromatic heterocycles. The summed E-state index contributed by atoms with van der Waals surface area (Å²) in [5, 5.41) is 32.9. The molecule has 29 heavy (non-hydrogen) atoms. The summed E-state index contributed by atoms with van der Waals surface area (Å²) >= 11 is 0. The molecule has 10 nitrogen and oxygen atoms in total. The molecule has 0 radical (unpaired) electrons. The Kier molecular flexibility index (Phi) is 5.58. The van der Waals surface area contributed by atoms with Gasteiger partial charge in [0.2, 0.25) is 0 Å². The summed E-state index contributed by atoms with van der Waals surface area (Å²) in [6.07, 6.45) is -2.83. The van der Waals surface area contributed by atoms with E-state index in [4.69, 9.17) is 9.47 Å². The number of aromatic nitrogens is 4. The van der Waals surface area contributed by atoms with Gasteiger partial charge in [0.1, 0.15) is 24.9 Å². The minimum absolute atomic E-state index is 0.144. The van der Waals surface area contributed by atoms with Crippen LogP contribution in [0.3, 0.4) is 0 Å². The largest absolute Gasteiger partial charge is 0.458 e. The minimum Gasteiger partial charge on any atom is -0.458 e. The van der Waals surface area contributed by atoms with E-state index < -0.39 is 31.1 Å². The van der Waals surface area contributed by atoms with Crippen molar-refractivity contribution in [3.8, 4) is 6.01 Å². The van der Waals surface area contributed by atoms with Crippen LogP contribution in [0.1, 0.15) is 18.7 Å². The Morgan fingerprint density at radius 1 is 1.17 bits per heavy atom. The fourth-order valence-corrected chi connectivity index (χ4v) is 3.27. The highest BCUT2D eigenvalue weighted by Crippen LogP contribution is 2.33. The maximum Gasteiger partial charge on any atom is 0.320 e. The molecule has 1 aliphatic heterocycles. The van der Waals surface area contributed by atoms with Crippen molar-refractivity contribution < 1.29 is 24.8 Å². The summed E-state index contributed by atoms with van der Waals surface area (Å²) in [6, 6.07) is 9.79. The maximum absolute atomic E-state index is 10.4. The maximum atomic E-state index is 10.4. The molecular weight excluding hydrogens is 378 g/mol. The molecule has 0 aliphatic carbocycles. The molecule has 4 rings (SSSR count). The molecule has 0 spiro atoms. The Balaban J connectivity index is 1.68. The Morgan fingerprint density at radius 3 is 2.66 bits per heavy atom. The summed E-state index contributed by atoms with van der Waals surface area (Å²) in [5.41, 5.74) is 1.84. The zero-order valence-corrected chi connectivity index (χ0v) is 15.8. The molecule has 4 atom stereocenters. The number of aliphatic hydroxyl groups is 3. The number of benzene rings is 1. The summed E-state index contributed by atoms with van der Waals surface area (Å²) in [4.78, 5) is 13.2. The number of nitrogens with zero attached hydrogens (tertiary/aromatic N) is 4. The van der Waals surface area contributed by atoms with Crippen LogP contribution < -0.4 is 10.1 Å². The first-order valence-corrected chi connectivity index (χ1v) is 9.40. The predicted molar refractivity (Wildman–Crippen MR) is 103 cm³/mol. The number of nitrogens with one attached hydrogen (secondary N) is 1. The second kappa shape index (κ2) is 8.29. The summed E-state index contributed by atoms with van der Waals surface area (Å²) in [6.45, 7) is 2.43. The number of rotatable bonds is 7. The van der Waals surface area contributed by atoms with E-state index in [0.29, 0.717) is 30.1 Å². The van der Waals surface area contributed by atoms with Gasteiger partial charge < -0.3 is 30.1 Å². The summed E-state index contributed by atoms with van der Waals surface area (Å²) in [5.74, 6) is 0.492. The number of aliphatic hydroxyl groups excluding tert-OH is 3. The van der Waals surface area contributed by atoms with Gasteiger partial charge in [0.25, 0.3) is 0 Å². The van der Waals surface area contributed by atoms with Crippen LogP contribution in [-0.2, 0) is 11.3 Å². The number of anilines is 1. The van der Waals surface area contributed by atoms with Gasteiger partial charge in [-0.3, -0.25) is 4.57 Å². The number of hydrogen-bond donors (Lipinski definition) is 4. The van der Waals surface area contributed by atoms with Crippen molar-refractivity contribution in [1.29, 1.82) is 0 Å². The van der Waals surface area contributed by atoms with Crippen molar-refractivity contribution in [1.82, 2.24) is 19.5 Å². The van der Waals surface area contributed by atoms with Gasteiger partial charge in [-0.1, -0.05) is 30.3 Å². The first-order chi connectivity index (χ1) is 14.1. The quantitative estimate of drug-likeness (QED) is 0.445. The SMILES string of the molecule is CCNc1nc(OCc2ccccc2)nc2c1ncn2[C@@H]1O[C@H](CO)[C@@H](O)[C@H]1O. The Labute approximate surface area is 166 Å². The van der Waals surface area contributed by atoms with Crippen molar-refractivity contribution in [2.24, 2.45) is 0 Å². The Hall–Kier alpha value is -2.79. The van der Waals surface area contributed by atoms with Crippen LogP contribution >= 0.6 is 0 Å². The average molecular weight is 401 g/mol. The Bertz CT molecular complexity index is 966. The molecule has 154 valence electrons. The molecule has 0 saturated carbocycles. The van der Waals surface area contributed by atoms with E-state index in [9.17, 15) is 15.3 Å². The molecule has 1 aromatic carbocycles. The fraction of sp³-hybridized carbons (Fsp3) is 0.421. The van der Waals surface area contributed by atoms with Crippen LogP contribution in [0, 0.1) is 0 Å². The molecule has 3 aromatic rings. The van der Waals surface area contributed by atoms with Crippen molar-refractivity contribution >= 4 is 17.0 Å². The van der Waals surface area contributed by atoms with Gasteiger partial charge in [-0.25, -0.2) is 4.98 Å². The van der Waals surface area contributed by atoms with E-state index in [0.717, 1.165) is 5.56 Å². The molecule has 4 N–H and O–H groups in total. The van der Waals surface area contributed by atoms with Gasteiger partial charge in [-0.15, -0.1) is 0 Å². The normalized spacial score (nSPS) is 24.1. The summed E-state index contributed by atoms with van der Waals surface area (Å²) < 4.78 is 12.9. The van der Waals surface area contributed by atoms with Crippen molar-refractivity contribution in [3.05, 3.63) is 42.2 Å². The molecule has 1 aliphatic rings.